The van der Waals surface area contributed by atoms with E-state index in [1.54, 1.807) is 23.7 Å². The van der Waals surface area contributed by atoms with Crippen molar-refractivity contribution in [2.24, 2.45) is 5.92 Å². The van der Waals surface area contributed by atoms with Crippen molar-refractivity contribution in [3.63, 3.8) is 0 Å². The molecule has 32 heavy (non-hydrogen) atoms. The van der Waals surface area contributed by atoms with Gasteiger partial charge in [0.05, 0.1) is 23.5 Å². The van der Waals surface area contributed by atoms with Crippen LogP contribution >= 0.6 is 11.3 Å². The SMILES string of the molecule is N#Cc1c(C2CCC(C(=O)O)CC2)nc2c(-c3ccc(-c4ccsc4)nc3)cnn2c1N. The second-order valence-corrected chi connectivity index (χ2v) is 8.77. The van der Waals surface area contributed by atoms with Gasteiger partial charge in [0, 0.05) is 34.2 Å². The highest BCUT2D eigenvalue weighted by molar-refractivity contribution is 7.08. The van der Waals surface area contributed by atoms with Crippen molar-refractivity contribution < 1.29 is 9.90 Å². The normalized spacial score (nSPS) is 18.5. The van der Waals surface area contributed by atoms with E-state index in [0.29, 0.717) is 42.6 Å². The fourth-order valence-electron chi connectivity index (χ4n) is 4.39. The van der Waals surface area contributed by atoms with Crippen molar-refractivity contribution in [2.75, 3.05) is 5.73 Å². The quantitative estimate of drug-likeness (QED) is 0.479. The topological polar surface area (TPSA) is 130 Å². The molecule has 0 amide bonds. The molecule has 0 aliphatic heterocycles. The molecule has 9 heteroatoms. The van der Waals surface area contributed by atoms with Crippen LogP contribution < -0.4 is 5.73 Å². The smallest absolute Gasteiger partial charge is 0.306 e. The van der Waals surface area contributed by atoms with Crippen LogP contribution in [0.25, 0.3) is 28.0 Å². The number of carbonyl (C=O) groups is 1. The average molecular weight is 445 g/mol. The van der Waals surface area contributed by atoms with E-state index in [2.05, 4.69) is 16.2 Å². The number of hydrogen-bond acceptors (Lipinski definition) is 7. The number of carboxylic acid groups (broad SMARTS) is 1. The Bertz CT molecular complexity index is 1330. The summed E-state index contributed by atoms with van der Waals surface area (Å²) < 4.78 is 1.49. The number of carboxylic acids is 1. The van der Waals surface area contributed by atoms with Crippen LogP contribution in [0.4, 0.5) is 5.82 Å². The Morgan fingerprint density at radius 3 is 2.62 bits per heavy atom. The Kier molecular flexibility index (Phi) is 5.07. The first-order valence-electron chi connectivity index (χ1n) is 10.4. The van der Waals surface area contributed by atoms with Crippen LogP contribution in [0.15, 0.2) is 41.4 Å². The van der Waals surface area contributed by atoms with Crippen LogP contribution in [0.1, 0.15) is 42.9 Å². The molecule has 0 atom stereocenters. The highest BCUT2D eigenvalue weighted by atomic mass is 32.1. The lowest BCUT2D eigenvalue weighted by atomic mass is 9.79. The molecule has 0 spiro atoms. The third kappa shape index (κ3) is 3.39. The number of nitriles is 1. The molecule has 160 valence electrons. The minimum Gasteiger partial charge on any atom is -0.481 e. The van der Waals surface area contributed by atoms with Crippen molar-refractivity contribution in [1.29, 1.82) is 5.26 Å². The lowest BCUT2D eigenvalue weighted by Crippen LogP contribution is -2.22. The van der Waals surface area contributed by atoms with Crippen LogP contribution in [0.2, 0.25) is 0 Å². The summed E-state index contributed by atoms with van der Waals surface area (Å²) in [5.74, 6) is -0.851. The van der Waals surface area contributed by atoms with Gasteiger partial charge in [-0.3, -0.25) is 9.78 Å². The lowest BCUT2D eigenvalue weighted by Gasteiger charge is -2.26. The van der Waals surface area contributed by atoms with Crippen molar-refractivity contribution in [1.82, 2.24) is 19.6 Å². The van der Waals surface area contributed by atoms with Crippen LogP contribution in [-0.4, -0.2) is 30.7 Å². The molecule has 0 radical (unpaired) electrons. The Morgan fingerprint density at radius 1 is 1.19 bits per heavy atom. The first-order valence-corrected chi connectivity index (χ1v) is 11.3. The van der Waals surface area contributed by atoms with E-state index in [1.165, 1.54) is 4.52 Å². The zero-order chi connectivity index (χ0) is 22.2. The Hall–Kier alpha value is -3.77. The van der Waals surface area contributed by atoms with Gasteiger partial charge in [-0.2, -0.15) is 26.2 Å². The molecule has 4 heterocycles. The van der Waals surface area contributed by atoms with Crippen LogP contribution in [-0.2, 0) is 4.79 Å². The molecule has 8 nitrogen and oxygen atoms in total. The van der Waals surface area contributed by atoms with Gasteiger partial charge in [0.1, 0.15) is 17.5 Å². The molecule has 1 saturated carbocycles. The van der Waals surface area contributed by atoms with Gasteiger partial charge in [-0.05, 0) is 43.2 Å². The van der Waals surface area contributed by atoms with E-state index in [-0.39, 0.29) is 17.7 Å². The average Bonchev–Trinajstić information content (AvgIpc) is 3.50. The first-order chi connectivity index (χ1) is 15.6. The second kappa shape index (κ2) is 8.05. The van der Waals surface area contributed by atoms with Gasteiger partial charge in [-0.25, -0.2) is 4.98 Å². The number of thiophene rings is 1. The van der Waals surface area contributed by atoms with Crippen LogP contribution in [0.5, 0.6) is 0 Å². The number of anilines is 1. The van der Waals surface area contributed by atoms with Crippen molar-refractivity contribution in [2.45, 2.75) is 31.6 Å². The van der Waals surface area contributed by atoms with E-state index >= 15 is 0 Å². The van der Waals surface area contributed by atoms with Gasteiger partial charge in [-0.1, -0.05) is 6.07 Å². The summed E-state index contributed by atoms with van der Waals surface area (Å²) in [6.07, 6.45) is 5.93. The van der Waals surface area contributed by atoms with E-state index in [4.69, 9.17) is 10.7 Å². The van der Waals surface area contributed by atoms with Gasteiger partial charge in [0.2, 0.25) is 0 Å². The molecule has 0 saturated heterocycles. The van der Waals surface area contributed by atoms with Crippen LogP contribution in [0.3, 0.4) is 0 Å². The van der Waals surface area contributed by atoms with Gasteiger partial charge < -0.3 is 10.8 Å². The largest absolute Gasteiger partial charge is 0.481 e. The monoisotopic (exact) mass is 444 g/mol. The van der Waals surface area contributed by atoms with E-state index in [9.17, 15) is 15.2 Å². The van der Waals surface area contributed by atoms with Gasteiger partial charge in [0.15, 0.2) is 5.65 Å². The predicted octanol–water partition coefficient (Wildman–Crippen LogP) is 4.33. The van der Waals surface area contributed by atoms with E-state index < -0.39 is 5.97 Å². The highest BCUT2D eigenvalue weighted by Gasteiger charge is 2.30. The molecule has 1 aliphatic rings. The number of nitrogens with two attached hydrogens (primary N) is 1. The van der Waals surface area contributed by atoms with Crippen molar-refractivity contribution >= 4 is 28.8 Å². The fraction of sp³-hybridized carbons (Fsp3) is 0.261. The number of fused-ring (bicyclic) bond motifs is 1. The Morgan fingerprint density at radius 2 is 2.00 bits per heavy atom. The summed E-state index contributed by atoms with van der Waals surface area (Å²) in [6, 6.07) is 8.15. The third-order valence-electron chi connectivity index (χ3n) is 6.18. The van der Waals surface area contributed by atoms with Gasteiger partial charge in [0.25, 0.3) is 0 Å². The van der Waals surface area contributed by atoms with Crippen LogP contribution in [0, 0.1) is 17.2 Å². The van der Waals surface area contributed by atoms with Gasteiger partial charge >= 0.3 is 5.97 Å². The molecule has 4 aromatic heterocycles. The first kappa shape index (κ1) is 20.2. The predicted molar refractivity (Wildman–Crippen MR) is 121 cm³/mol. The zero-order valence-corrected chi connectivity index (χ0v) is 17.9. The summed E-state index contributed by atoms with van der Waals surface area (Å²) in [5, 5.41) is 27.5. The zero-order valence-electron chi connectivity index (χ0n) is 17.1. The summed E-state index contributed by atoms with van der Waals surface area (Å²) in [6.45, 7) is 0. The van der Waals surface area contributed by atoms with E-state index in [1.807, 2.05) is 29.0 Å². The van der Waals surface area contributed by atoms with Crippen molar-refractivity contribution in [3.05, 3.63) is 52.6 Å². The molecule has 1 fully saturated rings. The Balaban J connectivity index is 1.55. The molecular formula is C23H20N6O2S. The molecule has 5 rings (SSSR count). The summed E-state index contributed by atoms with van der Waals surface area (Å²) in [4.78, 5) is 20.7. The van der Waals surface area contributed by atoms with E-state index in [0.717, 1.165) is 22.4 Å². The van der Waals surface area contributed by atoms with Gasteiger partial charge in [-0.15, -0.1) is 0 Å². The number of aromatic nitrogens is 4. The molecular weight excluding hydrogens is 424 g/mol. The summed E-state index contributed by atoms with van der Waals surface area (Å²) >= 11 is 1.62. The minimum absolute atomic E-state index is 0.00519. The standard InChI is InChI=1S/C23H20N6O2S/c24-9-17-20(13-1-3-14(4-2-13)23(30)31)28-22-18(11-27-29(22)21(17)25)15-5-6-19(26-10-15)16-7-8-32-12-16/h5-8,10-14H,1-4,25H2,(H,30,31). The molecule has 3 N–H and O–H groups in total. The molecule has 1 aliphatic carbocycles. The summed E-state index contributed by atoms with van der Waals surface area (Å²) in [7, 11) is 0. The third-order valence-corrected chi connectivity index (χ3v) is 6.86. The Labute approximate surface area is 188 Å². The maximum Gasteiger partial charge on any atom is 0.306 e. The van der Waals surface area contributed by atoms with Crippen molar-refractivity contribution in [3.8, 4) is 28.5 Å². The number of pyridine rings is 1. The number of aliphatic carboxylic acids is 1. The molecule has 0 aromatic carbocycles. The number of rotatable bonds is 4. The number of hydrogen-bond donors (Lipinski definition) is 2. The number of nitrogen functional groups attached to an aromatic ring is 1. The second-order valence-electron chi connectivity index (χ2n) is 7.99. The maximum absolute atomic E-state index is 11.3. The highest BCUT2D eigenvalue weighted by Crippen LogP contribution is 2.38. The fourth-order valence-corrected chi connectivity index (χ4v) is 5.04. The minimum atomic E-state index is -0.761. The number of nitrogens with zero attached hydrogens (tertiary/aromatic N) is 5. The summed E-state index contributed by atoms with van der Waals surface area (Å²) in [5.41, 5.74) is 11.4. The molecule has 0 bridgehead atoms. The molecule has 0 unspecified atom stereocenters. The molecule has 4 aromatic rings. The lowest BCUT2D eigenvalue weighted by molar-refractivity contribution is -0.142. The maximum atomic E-state index is 11.3.